The molecule has 0 spiro atoms. The van der Waals surface area contributed by atoms with Crippen LogP contribution in [-0.4, -0.2) is 31.3 Å². The number of hydrogen-bond acceptors (Lipinski definition) is 4. The zero-order valence-corrected chi connectivity index (χ0v) is 11.8. The largest absolute Gasteiger partial charge is 0.396 e. The summed E-state index contributed by atoms with van der Waals surface area (Å²) < 4.78 is 6.47. The van der Waals surface area contributed by atoms with Crippen LogP contribution in [0.3, 0.4) is 0 Å². The third-order valence-electron chi connectivity index (χ3n) is 3.41. The maximum absolute atomic E-state index is 6.00. The van der Waals surface area contributed by atoms with Crippen LogP contribution in [0.5, 0.6) is 0 Å². The second-order valence-corrected chi connectivity index (χ2v) is 5.40. The first-order chi connectivity index (χ1) is 8.13. The number of anilines is 2. The first kappa shape index (κ1) is 12.6. The van der Waals surface area contributed by atoms with Gasteiger partial charge < -0.3 is 15.4 Å². The van der Waals surface area contributed by atoms with Crippen LogP contribution >= 0.6 is 15.9 Å². The molecule has 0 amide bonds. The number of ether oxygens (including phenoxy) is 1. The molecule has 17 heavy (non-hydrogen) atoms. The molecule has 0 bridgehead atoms. The van der Waals surface area contributed by atoms with Crippen molar-refractivity contribution in [2.24, 2.45) is 5.92 Å². The van der Waals surface area contributed by atoms with Crippen LogP contribution in [0.15, 0.2) is 16.9 Å². The van der Waals surface area contributed by atoms with Crippen LogP contribution in [0.4, 0.5) is 11.4 Å². The van der Waals surface area contributed by atoms with Gasteiger partial charge in [0.05, 0.1) is 28.1 Å². The van der Waals surface area contributed by atoms with Crippen molar-refractivity contribution < 1.29 is 4.74 Å². The fourth-order valence-corrected chi connectivity index (χ4v) is 2.92. The maximum Gasteiger partial charge on any atom is 0.0776 e. The molecule has 4 nitrogen and oxygen atoms in total. The van der Waals surface area contributed by atoms with E-state index in [2.05, 4.69) is 32.7 Å². The Hall–Kier alpha value is -0.810. The summed E-state index contributed by atoms with van der Waals surface area (Å²) in [5.74, 6) is 0.595. The van der Waals surface area contributed by atoms with Gasteiger partial charge in [-0.2, -0.15) is 0 Å². The lowest BCUT2D eigenvalue weighted by Crippen LogP contribution is -2.44. The Morgan fingerprint density at radius 3 is 2.94 bits per heavy atom. The average Bonchev–Trinajstić information content (AvgIpc) is 2.31. The van der Waals surface area contributed by atoms with Gasteiger partial charge in [0.2, 0.25) is 0 Å². The lowest BCUT2D eigenvalue weighted by molar-refractivity contribution is 0.0498. The van der Waals surface area contributed by atoms with Gasteiger partial charge in [0.25, 0.3) is 0 Å². The number of halogens is 1. The molecular formula is C12H18BrN3O. The SMILES string of the molecule is COC1CN(c2c(N)cncc2Br)CCC1C. The predicted molar refractivity (Wildman–Crippen MR) is 73.1 cm³/mol. The number of methoxy groups -OCH3 is 1. The molecule has 1 aliphatic rings. The van der Waals surface area contributed by atoms with Gasteiger partial charge in [0, 0.05) is 26.4 Å². The highest BCUT2D eigenvalue weighted by atomic mass is 79.9. The number of nitrogens with two attached hydrogens (primary N) is 1. The molecule has 0 saturated carbocycles. The van der Waals surface area contributed by atoms with E-state index in [-0.39, 0.29) is 6.10 Å². The fourth-order valence-electron chi connectivity index (χ4n) is 2.32. The summed E-state index contributed by atoms with van der Waals surface area (Å²) in [4.78, 5) is 6.34. The summed E-state index contributed by atoms with van der Waals surface area (Å²) in [7, 11) is 1.77. The molecule has 0 radical (unpaired) electrons. The quantitative estimate of drug-likeness (QED) is 0.910. The van der Waals surface area contributed by atoms with Crippen LogP contribution in [0.25, 0.3) is 0 Å². The monoisotopic (exact) mass is 299 g/mol. The van der Waals surface area contributed by atoms with Crippen molar-refractivity contribution in [2.45, 2.75) is 19.4 Å². The van der Waals surface area contributed by atoms with Gasteiger partial charge in [0.15, 0.2) is 0 Å². The standard InChI is InChI=1S/C12H18BrN3O/c1-8-3-4-16(7-11(8)17-2)12-9(13)5-15-6-10(12)14/h5-6,8,11H,3-4,7,14H2,1-2H3. The summed E-state index contributed by atoms with van der Waals surface area (Å²) in [6.07, 6.45) is 4.86. The number of hydrogen-bond donors (Lipinski definition) is 1. The molecule has 1 aromatic heterocycles. The molecule has 2 unspecified atom stereocenters. The van der Waals surface area contributed by atoms with Gasteiger partial charge in [-0.1, -0.05) is 6.92 Å². The molecule has 5 heteroatoms. The lowest BCUT2D eigenvalue weighted by atomic mass is 9.95. The third kappa shape index (κ3) is 2.55. The number of piperidine rings is 1. The van der Waals surface area contributed by atoms with Crippen LogP contribution in [0.1, 0.15) is 13.3 Å². The summed E-state index contributed by atoms with van der Waals surface area (Å²) in [5.41, 5.74) is 7.75. The molecular weight excluding hydrogens is 282 g/mol. The van der Waals surface area contributed by atoms with E-state index < -0.39 is 0 Å². The zero-order chi connectivity index (χ0) is 12.4. The molecule has 0 aromatic carbocycles. The molecule has 2 heterocycles. The molecule has 2 rings (SSSR count). The number of nitrogen functional groups attached to an aromatic ring is 1. The van der Waals surface area contributed by atoms with Crippen molar-refractivity contribution in [1.82, 2.24) is 4.98 Å². The Labute approximate surface area is 110 Å². The first-order valence-electron chi connectivity index (χ1n) is 5.80. The topological polar surface area (TPSA) is 51.4 Å². The fraction of sp³-hybridized carbons (Fsp3) is 0.583. The average molecular weight is 300 g/mol. The van der Waals surface area contributed by atoms with Gasteiger partial charge in [-0.25, -0.2) is 0 Å². The van der Waals surface area contributed by atoms with E-state index in [0.717, 1.165) is 29.7 Å². The molecule has 1 aromatic rings. The minimum atomic E-state index is 0.267. The van der Waals surface area contributed by atoms with E-state index in [0.29, 0.717) is 11.6 Å². The van der Waals surface area contributed by atoms with Crippen molar-refractivity contribution in [2.75, 3.05) is 30.8 Å². The summed E-state index contributed by atoms with van der Waals surface area (Å²) in [5, 5.41) is 0. The highest BCUT2D eigenvalue weighted by molar-refractivity contribution is 9.10. The minimum absolute atomic E-state index is 0.267. The molecule has 2 N–H and O–H groups in total. The van der Waals surface area contributed by atoms with E-state index in [1.165, 1.54) is 0 Å². The highest BCUT2D eigenvalue weighted by Crippen LogP contribution is 2.34. The van der Waals surface area contributed by atoms with E-state index in [1.807, 2.05) is 0 Å². The van der Waals surface area contributed by atoms with Crippen molar-refractivity contribution in [3.63, 3.8) is 0 Å². The second-order valence-electron chi connectivity index (χ2n) is 4.55. The van der Waals surface area contributed by atoms with Crippen molar-refractivity contribution in [3.8, 4) is 0 Å². The smallest absolute Gasteiger partial charge is 0.0776 e. The number of rotatable bonds is 2. The van der Waals surface area contributed by atoms with Crippen molar-refractivity contribution in [1.29, 1.82) is 0 Å². The van der Waals surface area contributed by atoms with Gasteiger partial charge >= 0.3 is 0 Å². The Balaban J connectivity index is 2.23. The van der Waals surface area contributed by atoms with Crippen molar-refractivity contribution in [3.05, 3.63) is 16.9 Å². The normalized spacial score (nSPS) is 25.0. The highest BCUT2D eigenvalue weighted by Gasteiger charge is 2.27. The van der Waals surface area contributed by atoms with Crippen LogP contribution in [-0.2, 0) is 4.74 Å². The Kier molecular flexibility index (Phi) is 3.89. The maximum atomic E-state index is 6.00. The van der Waals surface area contributed by atoms with E-state index in [9.17, 15) is 0 Å². The Morgan fingerprint density at radius 1 is 1.53 bits per heavy atom. The summed E-state index contributed by atoms with van der Waals surface area (Å²) in [6.45, 7) is 4.12. The first-order valence-corrected chi connectivity index (χ1v) is 6.59. The zero-order valence-electron chi connectivity index (χ0n) is 10.2. The van der Waals surface area contributed by atoms with E-state index in [1.54, 1.807) is 19.5 Å². The molecule has 0 aliphatic carbocycles. The van der Waals surface area contributed by atoms with E-state index in [4.69, 9.17) is 10.5 Å². The predicted octanol–water partition coefficient (Wildman–Crippen LogP) is 2.29. The van der Waals surface area contributed by atoms with Gasteiger partial charge in [-0.3, -0.25) is 4.98 Å². The summed E-state index contributed by atoms with van der Waals surface area (Å²) in [6, 6.07) is 0. The molecule has 2 atom stereocenters. The Morgan fingerprint density at radius 2 is 2.29 bits per heavy atom. The van der Waals surface area contributed by atoms with Gasteiger partial charge in [0.1, 0.15) is 0 Å². The van der Waals surface area contributed by atoms with E-state index >= 15 is 0 Å². The molecule has 1 aliphatic heterocycles. The third-order valence-corrected chi connectivity index (χ3v) is 3.99. The van der Waals surface area contributed by atoms with Gasteiger partial charge in [-0.15, -0.1) is 0 Å². The van der Waals surface area contributed by atoms with Crippen LogP contribution in [0, 0.1) is 5.92 Å². The Bertz CT molecular complexity index is 379. The molecule has 1 fully saturated rings. The molecule has 1 saturated heterocycles. The number of aromatic nitrogens is 1. The van der Waals surface area contributed by atoms with Crippen LogP contribution in [0.2, 0.25) is 0 Å². The minimum Gasteiger partial charge on any atom is -0.396 e. The second kappa shape index (κ2) is 5.23. The molecule has 94 valence electrons. The lowest BCUT2D eigenvalue weighted by Gasteiger charge is -2.38. The van der Waals surface area contributed by atoms with Crippen LogP contribution < -0.4 is 10.6 Å². The van der Waals surface area contributed by atoms with Crippen molar-refractivity contribution >= 4 is 27.3 Å². The number of nitrogens with zero attached hydrogens (tertiary/aromatic N) is 2. The van der Waals surface area contributed by atoms with Gasteiger partial charge in [-0.05, 0) is 28.3 Å². The number of pyridine rings is 1. The summed E-state index contributed by atoms with van der Waals surface area (Å²) >= 11 is 3.51.